The van der Waals surface area contributed by atoms with Crippen LogP contribution in [0.1, 0.15) is 6.42 Å². The maximum atomic E-state index is 14.7. The predicted molar refractivity (Wildman–Crippen MR) is 131 cm³/mol. The Hall–Kier alpha value is -3.82. The molecule has 0 radical (unpaired) electrons. The molecule has 1 atom stereocenters. The average molecular weight is 473 g/mol. The number of nitrogens with zero attached hydrogens (tertiary/aromatic N) is 4. The first-order valence-electron chi connectivity index (χ1n) is 11.0. The highest BCUT2D eigenvalue weighted by Crippen LogP contribution is 2.33. The third-order valence-corrected chi connectivity index (χ3v) is 6.61. The molecule has 170 valence electrons. The Morgan fingerprint density at radius 2 is 2.09 bits per heavy atom. The van der Waals surface area contributed by atoms with Crippen molar-refractivity contribution in [3.05, 3.63) is 78.3 Å². The number of rotatable bonds is 6. The summed E-state index contributed by atoms with van der Waals surface area (Å²) in [6.07, 6.45) is 5.73. The largest absolute Gasteiger partial charge is 0.489 e. The fraction of sp³-hybridized carbons (Fsp3) is 0.160. The Labute approximate surface area is 199 Å². The van der Waals surface area contributed by atoms with Crippen LogP contribution in [0.25, 0.3) is 27.5 Å². The lowest BCUT2D eigenvalue weighted by atomic mass is 10.1. The second-order valence-corrected chi connectivity index (χ2v) is 8.99. The fourth-order valence-electron chi connectivity index (χ4n) is 4.09. The van der Waals surface area contributed by atoms with Gasteiger partial charge in [0.05, 0.1) is 18.1 Å². The van der Waals surface area contributed by atoms with Gasteiger partial charge in [-0.2, -0.15) is 0 Å². The summed E-state index contributed by atoms with van der Waals surface area (Å²) in [7, 11) is 0. The Kier molecular flexibility index (Phi) is 5.40. The van der Waals surface area contributed by atoms with E-state index in [1.54, 1.807) is 21.9 Å². The van der Waals surface area contributed by atoms with Crippen LogP contribution >= 0.6 is 11.3 Å². The number of hydrogen-bond acceptors (Lipinski definition) is 7. The van der Waals surface area contributed by atoms with Gasteiger partial charge in [0.25, 0.3) is 0 Å². The molecule has 1 aliphatic rings. The summed E-state index contributed by atoms with van der Waals surface area (Å²) in [4.78, 5) is 14.1. The summed E-state index contributed by atoms with van der Waals surface area (Å²) in [6, 6.07) is 15.7. The van der Waals surface area contributed by atoms with Gasteiger partial charge in [0, 0.05) is 29.4 Å². The van der Waals surface area contributed by atoms with E-state index in [1.165, 1.54) is 6.20 Å². The highest BCUT2D eigenvalue weighted by atomic mass is 32.1. The second kappa shape index (κ2) is 8.85. The summed E-state index contributed by atoms with van der Waals surface area (Å²) in [5.74, 6) is 0.548. The molecule has 0 spiro atoms. The molecule has 0 aliphatic carbocycles. The van der Waals surface area contributed by atoms with Gasteiger partial charge in [0.2, 0.25) is 5.95 Å². The molecule has 1 unspecified atom stereocenters. The number of ether oxygens (including phenoxy) is 1. The van der Waals surface area contributed by atoms with Crippen LogP contribution in [0.5, 0.6) is 5.75 Å². The zero-order valence-electron chi connectivity index (χ0n) is 18.1. The predicted octanol–water partition coefficient (Wildman–Crippen LogP) is 5.14. The quantitative estimate of drug-likeness (QED) is 0.356. The third-order valence-electron chi connectivity index (χ3n) is 5.69. The molecular weight excluding hydrogens is 451 g/mol. The van der Waals surface area contributed by atoms with Gasteiger partial charge in [-0.25, -0.2) is 19.3 Å². The van der Waals surface area contributed by atoms with Crippen LogP contribution < -0.4 is 15.4 Å². The molecule has 5 heterocycles. The monoisotopic (exact) mass is 472 g/mol. The van der Waals surface area contributed by atoms with E-state index in [0.717, 1.165) is 47.0 Å². The minimum atomic E-state index is -0.513. The smallest absolute Gasteiger partial charge is 0.227 e. The molecule has 1 aromatic carbocycles. The normalized spacial score (nSPS) is 15.6. The zero-order valence-corrected chi connectivity index (χ0v) is 18.9. The number of nitrogens with one attached hydrogen (secondary N) is 2. The van der Waals surface area contributed by atoms with Gasteiger partial charge in [0.1, 0.15) is 23.2 Å². The first-order valence-corrected chi connectivity index (χ1v) is 11.9. The van der Waals surface area contributed by atoms with Crippen LogP contribution in [0.15, 0.2) is 72.5 Å². The Morgan fingerprint density at radius 1 is 1.12 bits per heavy atom. The van der Waals surface area contributed by atoms with E-state index >= 15 is 0 Å². The van der Waals surface area contributed by atoms with Crippen molar-refractivity contribution in [1.82, 2.24) is 24.7 Å². The van der Waals surface area contributed by atoms with Gasteiger partial charge in [-0.1, -0.05) is 12.1 Å². The molecule has 2 N–H and O–H groups in total. The number of aromatic nitrogens is 4. The van der Waals surface area contributed by atoms with Crippen molar-refractivity contribution in [2.45, 2.75) is 12.5 Å². The minimum absolute atomic E-state index is 0.134. The standard InChI is InChI=1S/C25H21FN6OS/c26-20-14-29-25(31-24(20)21-15-28-23-5-1-2-8-32(21)23)30-17-10-16(22-4-3-9-34-22)11-19(12-17)33-18-6-7-27-13-18/h1-5,8-12,14-15,18,27H,6-7,13H2,(H,29,30,31). The topological polar surface area (TPSA) is 76.4 Å². The Balaban J connectivity index is 1.35. The summed E-state index contributed by atoms with van der Waals surface area (Å²) < 4.78 is 22.8. The number of pyridine rings is 1. The van der Waals surface area contributed by atoms with Crippen molar-refractivity contribution >= 4 is 28.6 Å². The van der Waals surface area contributed by atoms with Crippen molar-refractivity contribution in [3.63, 3.8) is 0 Å². The number of benzene rings is 1. The van der Waals surface area contributed by atoms with Gasteiger partial charge in [0.15, 0.2) is 5.82 Å². The lowest BCUT2D eigenvalue weighted by Gasteiger charge is -2.15. The van der Waals surface area contributed by atoms with E-state index in [9.17, 15) is 4.39 Å². The molecule has 1 fully saturated rings. The molecule has 4 aromatic heterocycles. The van der Waals surface area contributed by atoms with Crippen molar-refractivity contribution < 1.29 is 9.13 Å². The molecule has 9 heteroatoms. The van der Waals surface area contributed by atoms with Crippen molar-refractivity contribution in [3.8, 4) is 27.6 Å². The van der Waals surface area contributed by atoms with Crippen molar-refractivity contribution in [2.24, 2.45) is 0 Å². The molecule has 7 nitrogen and oxygen atoms in total. The van der Waals surface area contributed by atoms with Crippen LogP contribution in [-0.4, -0.2) is 38.5 Å². The molecule has 34 heavy (non-hydrogen) atoms. The van der Waals surface area contributed by atoms with E-state index in [4.69, 9.17) is 4.74 Å². The number of halogens is 1. The second-order valence-electron chi connectivity index (χ2n) is 8.04. The number of imidazole rings is 1. The number of hydrogen-bond donors (Lipinski definition) is 2. The summed E-state index contributed by atoms with van der Waals surface area (Å²) in [6.45, 7) is 1.78. The Morgan fingerprint density at radius 3 is 2.94 bits per heavy atom. The van der Waals surface area contributed by atoms with E-state index in [0.29, 0.717) is 11.6 Å². The van der Waals surface area contributed by atoms with Crippen LogP contribution in [-0.2, 0) is 0 Å². The molecule has 0 amide bonds. The van der Waals surface area contributed by atoms with E-state index in [1.807, 2.05) is 54.0 Å². The first kappa shape index (κ1) is 20.8. The maximum Gasteiger partial charge on any atom is 0.227 e. The SMILES string of the molecule is Fc1cnc(Nc2cc(OC3CCNC3)cc(-c3cccs3)c2)nc1-c1cnc2ccccn12. The first-order chi connectivity index (χ1) is 16.7. The van der Waals surface area contributed by atoms with E-state index in [-0.39, 0.29) is 11.8 Å². The van der Waals surface area contributed by atoms with Crippen LogP contribution in [0.2, 0.25) is 0 Å². The summed E-state index contributed by atoms with van der Waals surface area (Å²) in [5.41, 5.74) is 3.26. The van der Waals surface area contributed by atoms with Gasteiger partial charge < -0.3 is 15.4 Å². The number of fused-ring (bicyclic) bond motifs is 1. The van der Waals surface area contributed by atoms with Crippen molar-refractivity contribution in [2.75, 3.05) is 18.4 Å². The highest BCUT2D eigenvalue weighted by Gasteiger charge is 2.18. The molecule has 0 bridgehead atoms. The number of thiophene rings is 1. The molecule has 1 saturated heterocycles. The molecule has 1 aliphatic heterocycles. The molecular formula is C25H21FN6OS. The zero-order chi connectivity index (χ0) is 22.9. The van der Waals surface area contributed by atoms with Gasteiger partial charge in [-0.3, -0.25) is 4.40 Å². The molecule has 6 rings (SSSR count). The van der Waals surface area contributed by atoms with Crippen LogP contribution in [0.3, 0.4) is 0 Å². The van der Waals surface area contributed by atoms with Gasteiger partial charge >= 0.3 is 0 Å². The summed E-state index contributed by atoms with van der Waals surface area (Å²) >= 11 is 1.66. The van der Waals surface area contributed by atoms with Crippen molar-refractivity contribution in [1.29, 1.82) is 0 Å². The summed E-state index contributed by atoms with van der Waals surface area (Å²) in [5, 5.41) is 8.61. The molecule has 5 aromatic rings. The average Bonchev–Trinajstić information content (AvgIpc) is 3.62. The van der Waals surface area contributed by atoms with Crippen LogP contribution in [0.4, 0.5) is 16.0 Å². The van der Waals surface area contributed by atoms with Gasteiger partial charge in [-0.05, 0) is 54.2 Å². The van der Waals surface area contributed by atoms with Gasteiger partial charge in [-0.15, -0.1) is 11.3 Å². The third kappa shape index (κ3) is 4.11. The number of anilines is 2. The maximum absolute atomic E-state index is 14.7. The fourth-order valence-corrected chi connectivity index (χ4v) is 4.80. The highest BCUT2D eigenvalue weighted by molar-refractivity contribution is 7.13. The Bertz CT molecular complexity index is 1450. The lowest BCUT2D eigenvalue weighted by molar-refractivity contribution is 0.223. The van der Waals surface area contributed by atoms with E-state index < -0.39 is 5.82 Å². The van der Waals surface area contributed by atoms with E-state index in [2.05, 4.69) is 31.7 Å². The van der Waals surface area contributed by atoms with Crippen LogP contribution in [0, 0.1) is 5.82 Å². The molecule has 0 saturated carbocycles. The minimum Gasteiger partial charge on any atom is -0.489 e. The lowest BCUT2D eigenvalue weighted by Crippen LogP contribution is -2.19.